The van der Waals surface area contributed by atoms with Crippen molar-refractivity contribution in [3.8, 4) is 0 Å². The van der Waals surface area contributed by atoms with Crippen LogP contribution in [0.5, 0.6) is 0 Å². The van der Waals surface area contributed by atoms with Crippen LogP contribution in [0, 0.1) is 6.92 Å². The Bertz CT molecular complexity index is 845. The average molecular weight is 366 g/mol. The Balaban J connectivity index is 1.63. The molecule has 1 aliphatic rings. The molecule has 2 aromatic rings. The highest BCUT2D eigenvalue weighted by atomic mass is 16.2. The maximum atomic E-state index is 12.6. The van der Waals surface area contributed by atoms with E-state index in [9.17, 15) is 14.4 Å². The maximum Gasteiger partial charge on any atom is 0.270 e. The molecule has 1 fully saturated rings. The second kappa shape index (κ2) is 8.44. The number of aromatic nitrogens is 1. The van der Waals surface area contributed by atoms with Crippen molar-refractivity contribution in [1.29, 1.82) is 0 Å². The van der Waals surface area contributed by atoms with E-state index in [1.807, 2.05) is 31.2 Å². The van der Waals surface area contributed by atoms with E-state index in [4.69, 9.17) is 0 Å². The summed E-state index contributed by atoms with van der Waals surface area (Å²) in [5, 5.41) is 2.83. The van der Waals surface area contributed by atoms with Gasteiger partial charge in [0.05, 0.1) is 0 Å². The van der Waals surface area contributed by atoms with Crippen LogP contribution < -0.4 is 5.32 Å². The summed E-state index contributed by atoms with van der Waals surface area (Å²) < 4.78 is 0. The van der Waals surface area contributed by atoms with Crippen LogP contribution in [-0.4, -0.2) is 59.2 Å². The third-order valence-electron chi connectivity index (χ3n) is 4.53. The Kier molecular flexibility index (Phi) is 5.80. The first kappa shape index (κ1) is 18.6. The molecule has 2 heterocycles. The fraction of sp³-hybridized carbons (Fsp3) is 0.300. The van der Waals surface area contributed by atoms with Crippen LogP contribution in [0.15, 0.2) is 42.6 Å². The summed E-state index contributed by atoms with van der Waals surface area (Å²) in [5.41, 5.74) is 2.76. The van der Waals surface area contributed by atoms with E-state index in [2.05, 4.69) is 10.3 Å². The molecule has 7 heteroatoms. The summed E-state index contributed by atoms with van der Waals surface area (Å²) in [5.74, 6) is -0.479. The van der Waals surface area contributed by atoms with Crippen LogP contribution in [0.4, 0.5) is 0 Å². The molecular weight excluding hydrogens is 344 g/mol. The smallest absolute Gasteiger partial charge is 0.270 e. The second-order valence-corrected chi connectivity index (χ2v) is 6.54. The van der Waals surface area contributed by atoms with Crippen molar-refractivity contribution >= 4 is 18.2 Å². The number of carbonyl (C=O) groups excluding carboxylic acids is 3. The van der Waals surface area contributed by atoms with Gasteiger partial charge in [0.25, 0.3) is 11.8 Å². The third-order valence-corrected chi connectivity index (χ3v) is 4.53. The van der Waals surface area contributed by atoms with Gasteiger partial charge in [-0.3, -0.25) is 19.4 Å². The summed E-state index contributed by atoms with van der Waals surface area (Å²) in [4.78, 5) is 43.2. The molecule has 3 amide bonds. The maximum absolute atomic E-state index is 12.6. The number of benzene rings is 1. The molecule has 1 aromatic heterocycles. The molecule has 0 bridgehead atoms. The largest absolute Gasteiger partial charge is 0.347 e. The lowest BCUT2D eigenvalue weighted by atomic mass is 10.1. The molecule has 1 saturated heterocycles. The monoisotopic (exact) mass is 366 g/mol. The van der Waals surface area contributed by atoms with Crippen molar-refractivity contribution in [2.45, 2.75) is 13.5 Å². The minimum Gasteiger partial charge on any atom is -0.347 e. The Labute approximate surface area is 158 Å². The molecule has 0 saturated carbocycles. The van der Waals surface area contributed by atoms with Gasteiger partial charge in [-0.2, -0.15) is 0 Å². The van der Waals surface area contributed by atoms with Crippen LogP contribution in [0.1, 0.15) is 32.0 Å². The molecule has 0 atom stereocenters. The van der Waals surface area contributed by atoms with Crippen LogP contribution in [0.3, 0.4) is 0 Å². The summed E-state index contributed by atoms with van der Waals surface area (Å²) in [6.07, 6.45) is 2.27. The first-order valence-electron chi connectivity index (χ1n) is 8.85. The second-order valence-electron chi connectivity index (χ2n) is 6.54. The molecule has 1 aliphatic heterocycles. The van der Waals surface area contributed by atoms with Crippen LogP contribution in [-0.2, 0) is 11.3 Å². The number of nitrogens with one attached hydrogen (secondary N) is 1. The number of nitrogens with zero attached hydrogens (tertiary/aromatic N) is 3. The fourth-order valence-electron chi connectivity index (χ4n) is 3.00. The van der Waals surface area contributed by atoms with Gasteiger partial charge in [0.2, 0.25) is 6.41 Å². The number of rotatable bonds is 5. The number of carbonyl (C=O) groups is 3. The number of aryl methyl sites for hydroxylation is 1. The van der Waals surface area contributed by atoms with Crippen molar-refractivity contribution in [2.24, 2.45) is 0 Å². The van der Waals surface area contributed by atoms with E-state index in [1.165, 1.54) is 12.3 Å². The molecule has 0 spiro atoms. The molecular formula is C20H22N4O3. The number of piperazine rings is 1. The molecule has 0 radical (unpaired) electrons. The lowest BCUT2D eigenvalue weighted by Gasteiger charge is -2.32. The molecule has 0 unspecified atom stereocenters. The highest BCUT2D eigenvalue weighted by Gasteiger charge is 2.22. The van der Waals surface area contributed by atoms with Crippen molar-refractivity contribution in [2.75, 3.05) is 26.2 Å². The molecule has 0 aliphatic carbocycles. The zero-order valence-electron chi connectivity index (χ0n) is 15.2. The van der Waals surface area contributed by atoms with E-state index in [0.29, 0.717) is 38.3 Å². The van der Waals surface area contributed by atoms with E-state index in [0.717, 1.165) is 17.5 Å². The van der Waals surface area contributed by atoms with Gasteiger partial charge >= 0.3 is 0 Å². The first-order valence-corrected chi connectivity index (χ1v) is 8.85. The number of hydrogen-bond donors (Lipinski definition) is 1. The Hall–Kier alpha value is -3.22. The average Bonchev–Trinajstić information content (AvgIpc) is 2.71. The van der Waals surface area contributed by atoms with Gasteiger partial charge in [-0.15, -0.1) is 0 Å². The quantitative estimate of drug-likeness (QED) is 0.807. The minimum absolute atomic E-state index is 0.157. The standard InChI is InChI=1S/C20H22N4O3/c1-15-3-2-4-16(11-15)13-22-19(26)18-12-17(5-6-21-18)20(27)24-9-7-23(14-25)8-10-24/h2-6,11-12,14H,7-10,13H2,1H3,(H,22,26). The van der Waals surface area contributed by atoms with Gasteiger partial charge in [-0.25, -0.2) is 0 Å². The summed E-state index contributed by atoms with van der Waals surface area (Å²) in [6, 6.07) is 11.0. The first-order chi connectivity index (χ1) is 13.1. The van der Waals surface area contributed by atoms with E-state index < -0.39 is 0 Å². The molecule has 140 valence electrons. The van der Waals surface area contributed by atoms with Gasteiger partial charge < -0.3 is 15.1 Å². The topological polar surface area (TPSA) is 82.6 Å². The Morgan fingerprint density at radius 3 is 2.63 bits per heavy atom. The van der Waals surface area contributed by atoms with E-state index in [-0.39, 0.29) is 17.5 Å². The highest BCUT2D eigenvalue weighted by Crippen LogP contribution is 2.10. The van der Waals surface area contributed by atoms with Crippen LogP contribution in [0.25, 0.3) is 0 Å². The van der Waals surface area contributed by atoms with Crippen molar-refractivity contribution in [1.82, 2.24) is 20.1 Å². The van der Waals surface area contributed by atoms with E-state index in [1.54, 1.807) is 15.9 Å². The molecule has 1 aromatic carbocycles. The number of amides is 3. The minimum atomic E-state index is -0.322. The highest BCUT2D eigenvalue weighted by molar-refractivity contribution is 5.98. The lowest BCUT2D eigenvalue weighted by molar-refractivity contribution is -0.119. The van der Waals surface area contributed by atoms with Gasteiger partial charge in [0.1, 0.15) is 5.69 Å². The number of hydrogen-bond acceptors (Lipinski definition) is 4. The molecule has 1 N–H and O–H groups in total. The third kappa shape index (κ3) is 4.69. The normalized spacial score (nSPS) is 14.0. The molecule has 27 heavy (non-hydrogen) atoms. The van der Waals surface area contributed by atoms with Gasteiger partial charge in [0.15, 0.2) is 0 Å². The predicted molar refractivity (Wildman–Crippen MR) is 100 cm³/mol. The summed E-state index contributed by atoms with van der Waals surface area (Å²) >= 11 is 0. The molecule has 3 rings (SSSR count). The SMILES string of the molecule is Cc1cccc(CNC(=O)c2cc(C(=O)N3CCN(C=O)CC3)ccn2)c1. The number of pyridine rings is 1. The molecule has 7 nitrogen and oxygen atoms in total. The van der Waals surface area contributed by atoms with Gasteiger partial charge in [-0.1, -0.05) is 29.8 Å². The van der Waals surface area contributed by atoms with Crippen molar-refractivity contribution in [3.05, 3.63) is 65.0 Å². The van der Waals surface area contributed by atoms with Gasteiger partial charge in [-0.05, 0) is 24.6 Å². The lowest BCUT2D eigenvalue weighted by Crippen LogP contribution is -2.48. The van der Waals surface area contributed by atoms with E-state index >= 15 is 0 Å². The van der Waals surface area contributed by atoms with Crippen LogP contribution >= 0.6 is 0 Å². The van der Waals surface area contributed by atoms with Crippen LogP contribution in [0.2, 0.25) is 0 Å². The predicted octanol–water partition coefficient (Wildman–Crippen LogP) is 1.23. The summed E-state index contributed by atoms with van der Waals surface area (Å²) in [6.45, 7) is 4.39. The van der Waals surface area contributed by atoms with Gasteiger partial charge in [0, 0.05) is 44.5 Å². The van der Waals surface area contributed by atoms with Crippen molar-refractivity contribution in [3.63, 3.8) is 0 Å². The zero-order chi connectivity index (χ0) is 19.2. The van der Waals surface area contributed by atoms with Crippen molar-refractivity contribution < 1.29 is 14.4 Å². The Morgan fingerprint density at radius 2 is 1.93 bits per heavy atom. The summed E-state index contributed by atoms with van der Waals surface area (Å²) in [7, 11) is 0. The zero-order valence-corrected chi connectivity index (χ0v) is 15.2. The Morgan fingerprint density at radius 1 is 1.15 bits per heavy atom. The fourth-order valence-corrected chi connectivity index (χ4v) is 3.00.